The van der Waals surface area contributed by atoms with Gasteiger partial charge in [0.15, 0.2) is 5.75 Å². The minimum atomic E-state index is 0.0515. The van der Waals surface area contributed by atoms with Gasteiger partial charge in [0.05, 0.1) is 0 Å². The van der Waals surface area contributed by atoms with Crippen molar-refractivity contribution in [2.24, 2.45) is 0 Å². The summed E-state index contributed by atoms with van der Waals surface area (Å²) >= 11 is 0. The molecule has 0 bridgehead atoms. The fourth-order valence-electron chi connectivity index (χ4n) is 2.09. The number of ether oxygens (including phenoxy) is 1. The highest BCUT2D eigenvalue weighted by atomic mass is 16.5. The maximum absolute atomic E-state index is 6.02. The lowest BCUT2D eigenvalue weighted by atomic mass is 9.85. The lowest BCUT2D eigenvalue weighted by Gasteiger charge is -2.23. The first-order chi connectivity index (χ1) is 8.55. The zero-order valence-corrected chi connectivity index (χ0v) is 11.0. The molecule has 0 N–H and O–H groups in total. The number of aromatic nitrogens is 1. The maximum Gasteiger partial charge on any atom is 0.150 e. The number of nitrogens with zero attached hydrogens (tertiary/aromatic N) is 1. The maximum atomic E-state index is 6.02. The molecule has 2 nitrogen and oxygen atoms in total. The third kappa shape index (κ3) is 1.99. The highest BCUT2D eigenvalue weighted by molar-refractivity contribution is 5.86. The van der Waals surface area contributed by atoms with Crippen molar-refractivity contribution in [3.05, 3.63) is 48.2 Å². The average Bonchev–Trinajstić information content (AvgIpc) is 3.12. The Morgan fingerprint density at radius 2 is 1.89 bits per heavy atom. The Balaban J connectivity index is 2.21. The van der Waals surface area contributed by atoms with Crippen molar-refractivity contribution < 1.29 is 4.74 Å². The van der Waals surface area contributed by atoms with E-state index in [2.05, 4.69) is 44.0 Å². The van der Waals surface area contributed by atoms with Crippen molar-refractivity contribution in [3.8, 4) is 5.75 Å². The van der Waals surface area contributed by atoms with Gasteiger partial charge in [-0.25, -0.2) is 0 Å². The summed E-state index contributed by atoms with van der Waals surface area (Å²) in [5, 5.41) is 1.13. The molecule has 0 amide bonds. The predicted molar refractivity (Wildman–Crippen MR) is 74.0 cm³/mol. The molecule has 1 aliphatic rings. The Kier molecular flexibility index (Phi) is 2.40. The molecule has 1 aromatic carbocycles. The van der Waals surface area contributed by atoms with E-state index >= 15 is 0 Å². The van der Waals surface area contributed by atoms with Crippen LogP contribution in [0, 0.1) is 0 Å². The van der Waals surface area contributed by atoms with E-state index in [-0.39, 0.29) is 11.5 Å². The molecule has 0 fully saturated rings. The molecular weight excluding hydrogens is 222 g/mol. The van der Waals surface area contributed by atoms with E-state index in [4.69, 9.17) is 4.74 Å². The zero-order valence-electron chi connectivity index (χ0n) is 11.0. The fraction of sp³-hybridized carbons (Fsp3) is 0.312. The van der Waals surface area contributed by atoms with Crippen molar-refractivity contribution in [2.45, 2.75) is 32.3 Å². The summed E-state index contributed by atoms with van der Waals surface area (Å²) in [7, 11) is 0. The largest absolute Gasteiger partial charge is 0.480 e. The van der Waals surface area contributed by atoms with Gasteiger partial charge < -0.3 is 4.74 Å². The molecular formula is C16H17NO. The Labute approximate surface area is 107 Å². The van der Waals surface area contributed by atoms with Crippen LogP contribution in [0.4, 0.5) is 0 Å². The van der Waals surface area contributed by atoms with Crippen LogP contribution in [-0.4, -0.2) is 11.1 Å². The summed E-state index contributed by atoms with van der Waals surface area (Å²) in [6.45, 7) is 6.60. The summed E-state index contributed by atoms with van der Waals surface area (Å²) in [6, 6.07) is 8.30. The van der Waals surface area contributed by atoms with E-state index in [1.165, 1.54) is 5.56 Å². The van der Waals surface area contributed by atoms with E-state index < -0.39 is 0 Å². The van der Waals surface area contributed by atoms with Crippen LogP contribution in [0.2, 0.25) is 0 Å². The Morgan fingerprint density at radius 1 is 1.11 bits per heavy atom. The highest BCUT2D eigenvalue weighted by Gasteiger charge is 2.24. The van der Waals surface area contributed by atoms with Gasteiger partial charge >= 0.3 is 0 Å². The van der Waals surface area contributed by atoms with Crippen LogP contribution in [0.5, 0.6) is 5.75 Å². The van der Waals surface area contributed by atoms with Crippen molar-refractivity contribution in [3.63, 3.8) is 0 Å². The molecule has 2 heteroatoms. The van der Waals surface area contributed by atoms with Gasteiger partial charge in [0.1, 0.15) is 11.6 Å². The SMILES string of the molecule is CC(C)(C)c1ccc2cccnc2c1OC1C=C1. The van der Waals surface area contributed by atoms with Crippen LogP contribution in [0.15, 0.2) is 42.6 Å². The summed E-state index contributed by atoms with van der Waals surface area (Å²) < 4.78 is 6.02. The first-order valence-corrected chi connectivity index (χ1v) is 6.29. The minimum absolute atomic E-state index is 0.0515. The van der Waals surface area contributed by atoms with Crippen LogP contribution in [-0.2, 0) is 5.41 Å². The van der Waals surface area contributed by atoms with Gasteiger partial charge in [-0.3, -0.25) is 4.98 Å². The number of hydrogen-bond donors (Lipinski definition) is 0. The topological polar surface area (TPSA) is 22.1 Å². The van der Waals surface area contributed by atoms with Crippen LogP contribution in [0.1, 0.15) is 26.3 Å². The number of rotatable bonds is 2. The van der Waals surface area contributed by atoms with E-state index in [1.807, 2.05) is 24.4 Å². The first-order valence-electron chi connectivity index (χ1n) is 6.29. The van der Waals surface area contributed by atoms with Gasteiger partial charge in [-0.1, -0.05) is 39.0 Å². The molecule has 1 aromatic heterocycles. The molecule has 3 rings (SSSR count). The second-order valence-corrected chi connectivity index (χ2v) is 5.73. The monoisotopic (exact) mass is 239 g/mol. The van der Waals surface area contributed by atoms with Crippen LogP contribution >= 0.6 is 0 Å². The quantitative estimate of drug-likeness (QED) is 0.743. The molecule has 92 valence electrons. The predicted octanol–water partition coefficient (Wildman–Crippen LogP) is 3.85. The minimum Gasteiger partial charge on any atom is -0.480 e. The molecule has 18 heavy (non-hydrogen) atoms. The molecule has 0 saturated heterocycles. The van der Waals surface area contributed by atoms with Crippen molar-refractivity contribution in [2.75, 3.05) is 0 Å². The van der Waals surface area contributed by atoms with Gasteiger partial charge in [-0.05, 0) is 23.6 Å². The van der Waals surface area contributed by atoms with E-state index in [9.17, 15) is 0 Å². The van der Waals surface area contributed by atoms with Crippen molar-refractivity contribution >= 4 is 10.9 Å². The summed E-state index contributed by atoms with van der Waals surface area (Å²) in [5.41, 5.74) is 2.22. The van der Waals surface area contributed by atoms with Gasteiger partial charge in [-0.15, -0.1) is 0 Å². The fourth-order valence-corrected chi connectivity index (χ4v) is 2.09. The Morgan fingerprint density at radius 3 is 2.56 bits per heavy atom. The van der Waals surface area contributed by atoms with E-state index in [0.29, 0.717) is 0 Å². The van der Waals surface area contributed by atoms with Gasteiger partial charge in [0, 0.05) is 17.1 Å². The zero-order chi connectivity index (χ0) is 12.8. The van der Waals surface area contributed by atoms with E-state index in [1.54, 1.807) is 0 Å². The molecule has 0 atom stereocenters. The van der Waals surface area contributed by atoms with Crippen molar-refractivity contribution in [1.29, 1.82) is 0 Å². The third-order valence-corrected chi connectivity index (χ3v) is 3.14. The summed E-state index contributed by atoms with van der Waals surface area (Å²) in [5.74, 6) is 0.926. The molecule has 0 aliphatic heterocycles. The molecule has 0 saturated carbocycles. The normalized spacial score (nSPS) is 15.1. The summed E-state index contributed by atoms with van der Waals surface area (Å²) in [6.07, 6.45) is 6.07. The van der Waals surface area contributed by atoms with Gasteiger partial charge in [0.2, 0.25) is 0 Å². The smallest absolute Gasteiger partial charge is 0.150 e. The van der Waals surface area contributed by atoms with E-state index in [0.717, 1.165) is 16.7 Å². The number of benzene rings is 1. The summed E-state index contributed by atoms with van der Waals surface area (Å²) in [4.78, 5) is 4.48. The average molecular weight is 239 g/mol. The molecule has 0 radical (unpaired) electrons. The molecule has 0 unspecified atom stereocenters. The number of pyridine rings is 1. The van der Waals surface area contributed by atoms with Crippen LogP contribution < -0.4 is 4.74 Å². The molecule has 1 aliphatic carbocycles. The van der Waals surface area contributed by atoms with Crippen LogP contribution in [0.3, 0.4) is 0 Å². The Bertz CT molecular complexity index is 617. The van der Waals surface area contributed by atoms with Crippen molar-refractivity contribution in [1.82, 2.24) is 4.98 Å². The highest BCUT2D eigenvalue weighted by Crippen LogP contribution is 2.37. The number of hydrogen-bond acceptors (Lipinski definition) is 2. The number of fused-ring (bicyclic) bond motifs is 1. The molecule has 0 spiro atoms. The molecule has 2 aromatic rings. The Hall–Kier alpha value is -1.83. The lowest BCUT2D eigenvalue weighted by Crippen LogP contribution is -2.14. The van der Waals surface area contributed by atoms with Gasteiger partial charge in [0.25, 0.3) is 0 Å². The van der Waals surface area contributed by atoms with Crippen LogP contribution in [0.25, 0.3) is 10.9 Å². The lowest BCUT2D eigenvalue weighted by molar-refractivity contribution is 0.320. The molecule has 1 heterocycles. The third-order valence-electron chi connectivity index (χ3n) is 3.14. The van der Waals surface area contributed by atoms with Gasteiger partial charge in [-0.2, -0.15) is 0 Å². The first kappa shape index (κ1) is 11.3. The second-order valence-electron chi connectivity index (χ2n) is 5.73. The second kappa shape index (κ2) is 3.84. The standard InChI is InChI=1S/C16H17NO/c1-16(2,3)13-9-6-11-5-4-10-17-14(11)15(13)18-12-7-8-12/h4-10,12H,1-3H3.